The number of ether oxygens (including phenoxy) is 1. The minimum absolute atomic E-state index is 0.498. The third kappa shape index (κ3) is 5.64. The van der Waals surface area contributed by atoms with Gasteiger partial charge in [0.15, 0.2) is 0 Å². The van der Waals surface area contributed by atoms with Crippen LogP contribution in [0.4, 0.5) is 0 Å². The molecule has 0 aromatic carbocycles. The van der Waals surface area contributed by atoms with E-state index in [-0.39, 0.29) is 0 Å². The van der Waals surface area contributed by atoms with Crippen molar-refractivity contribution in [3.05, 3.63) is 22.4 Å². The average molecular weight is 281 g/mol. The lowest BCUT2D eigenvalue weighted by Crippen LogP contribution is -2.29. The van der Waals surface area contributed by atoms with Gasteiger partial charge in [-0.05, 0) is 49.0 Å². The average Bonchev–Trinajstić information content (AvgIpc) is 2.85. The molecule has 0 radical (unpaired) electrons. The Balaban J connectivity index is 1.49. The number of nitrogens with one attached hydrogen (secondary N) is 1. The van der Waals surface area contributed by atoms with Gasteiger partial charge in [-0.15, -0.1) is 11.3 Å². The zero-order valence-corrected chi connectivity index (χ0v) is 13.0. The molecule has 1 N–H and O–H groups in total. The normalized spacial score (nSPS) is 27.6. The highest BCUT2D eigenvalue weighted by atomic mass is 32.1. The van der Waals surface area contributed by atoms with Crippen molar-refractivity contribution in [3.8, 4) is 0 Å². The highest BCUT2D eigenvalue weighted by Crippen LogP contribution is 2.30. The van der Waals surface area contributed by atoms with Gasteiger partial charge < -0.3 is 10.1 Å². The topological polar surface area (TPSA) is 21.3 Å². The summed E-state index contributed by atoms with van der Waals surface area (Å²) < 4.78 is 6.00. The van der Waals surface area contributed by atoms with Crippen LogP contribution >= 0.6 is 11.3 Å². The quantitative estimate of drug-likeness (QED) is 0.769. The Morgan fingerprint density at radius 3 is 2.68 bits per heavy atom. The summed E-state index contributed by atoms with van der Waals surface area (Å²) in [6.07, 6.45) is 5.51. The van der Waals surface area contributed by atoms with Crippen LogP contribution in [-0.4, -0.2) is 25.8 Å². The van der Waals surface area contributed by atoms with Gasteiger partial charge in [-0.1, -0.05) is 19.9 Å². The van der Waals surface area contributed by atoms with Crippen LogP contribution in [0.5, 0.6) is 0 Å². The molecule has 1 aliphatic carbocycles. The molecular formula is C16H27NOS. The Hall–Kier alpha value is -0.380. The largest absolute Gasteiger partial charge is 0.377 e. The van der Waals surface area contributed by atoms with E-state index in [1.165, 1.54) is 24.1 Å². The zero-order chi connectivity index (χ0) is 13.5. The molecule has 2 unspecified atom stereocenters. The SMILES string of the molecule is CC1CC(C)CC(OCCNCCc2cccs2)C1. The van der Waals surface area contributed by atoms with Gasteiger partial charge in [0, 0.05) is 18.0 Å². The van der Waals surface area contributed by atoms with E-state index in [1.54, 1.807) is 0 Å². The summed E-state index contributed by atoms with van der Waals surface area (Å²) in [5.74, 6) is 1.67. The van der Waals surface area contributed by atoms with Crippen LogP contribution in [0, 0.1) is 11.8 Å². The van der Waals surface area contributed by atoms with Crippen LogP contribution in [0.25, 0.3) is 0 Å². The van der Waals surface area contributed by atoms with Gasteiger partial charge in [0.1, 0.15) is 0 Å². The first-order valence-corrected chi connectivity index (χ1v) is 8.46. The lowest BCUT2D eigenvalue weighted by atomic mass is 9.82. The fraction of sp³-hybridized carbons (Fsp3) is 0.750. The van der Waals surface area contributed by atoms with Crippen LogP contribution in [0.3, 0.4) is 0 Å². The number of hydrogen-bond acceptors (Lipinski definition) is 3. The molecule has 0 amide bonds. The van der Waals surface area contributed by atoms with E-state index in [0.29, 0.717) is 6.10 Å². The molecule has 0 saturated heterocycles. The molecule has 1 fully saturated rings. The van der Waals surface area contributed by atoms with Crippen molar-refractivity contribution in [1.29, 1.82) is 0 Å². The summed E-state index contributed by atoms with van der Waals surface area (Å²) in [4.78, 5) is 1.46. The summed E-state index contributed by atoms with van der Waals surface area (Å²) in [5.41, 5.74) is 0. The maximum Gasteiger partial charge on any atom is 0.0594 e. The second kappa shape index (κ2) is 8.03. The molecule has 0 aliphatic heterocycles. The molecule has 1 aromatic heterocycles. The Morgan fingerprint density at radius 1 is 1.21 bits per heavy atom. The summed E-state index contributed by atoms with van der Waals surface area (Å²) in [6, 6.07) is 4.32. The minimum atomic E-state index is 0.498. The number of rotatable bonds is 7. The van der Waals surface area contributed by atoms with Gasteiger partial charge in [-0.25, -0.2) is 0 Å². The van der Waals surface area contributed by atoms with Crippen molar-refractivity contribution >= 4 is 11.3 Å². The monoisotopic (exact) mass is 281 g/mol. The molecule has 108 valence electrons. The summed E-state index contributed by atoms with van der Waals surface area (Å²) >= 11 is 1.84. The molecular weight excluding hydrogens is 254 g/mol. The number of thiophene rings is 1. The molecule has 1 aliphatic rings. The van der Waals surface area contributed by atoms with Crippen LogP contribution in [0.15, 0.2) is 17.5 Å². The van der Waals surface area contributed by atoms with Crippen molar-refractivity contribution < 1.29 is 4.74 Å². The highest BCUT2D eigenvalue weighted by molar-refractivity contribution is 7.09. The Kier molecular flexibility index (Phi) is 6.35. The second-order valence-corrected chi connectivity index (χ2v) is 7.02. The van der Waals surface area contributed by atoms with Gasteiger partial charge in [-0.3, -0.25) is 0 Å². The molecule has 19 heavy (non-hydrogen) atoms. The molecule has 1 saturated carbocycles. The Labute approximate surface area is 121 Å². The van der Waals surface area contributed by atoms with Gasteiger partial charge in [0.25, 0.3) is 0 Å². The van der Waals surface area contributed by atoms with E-state index in [2.05, 4.69) is 36.7 Å². The predicted molar refractivity (Wildman–Crippen MR) is 82.8 cm³/mol. The maximum absolute atomic E-state index is 6.00. The standard InChI is InChI=1S/C16H27NOS/c1-13-10-14(2)12-15(11-13)18-8-7-17-6-5-16-4-3-9-19-16/h3-4,9,13-15,17H,5-8,10-12H2,1-2H3. The lowest BCUT2D eigenvalue weighted by Gasteiger charge is -2.31. The van der Waals surface area contributed by atoms with Crippen molar-refractivity contribution in [3.63, 3.8) is 0 Å². The molecule has 1 heterocycles. The van der Waals surface area contributed by atoms with Crippen molar-refractivity contribution in [2.24, 2.45) is 11.8 Å². The maximum atomic E-state index is 6.00. The fourth-order valence-electron chi connectivity index (χ4n) is 3.10. The third-order valence-electron chi connectivity index (χ3n) is 3.90. The summed E-state index contributed by atoms with van der Waals surface area (Å²) in [7, 11) is 0. The van der Waals surface area contributed by atoms with Crippen LogP contribution in [0.2, 0.25) is 0 Å². The molecule has 2 rings (SSSR count). The van der Waals surface area contributed by atoms with Crippen molar-refractivity contribution in [1.82, 2.24) is 5.32 Å². The van der Waals surface area contributed by atoms with E-state index in [9.17, 15) is 0 Å². The highest BCUT2D eigenvalue weighted by Gasteiger charge is 2.23. The lowest BCUT2D eigenvalue weighted by molar-refractivity contribution is 0.00278. The van der Waals surface area contributed by atoms with E-state index in [1.807, 2.05) is 11.3 Å². The summed E-state index contributed by atoms with van der Waals surface area (Å²) in [6.45, 7) is 7.59. The first kappa shape index (κ1) is 15.0. The van der Waals surface area contributed by atoms with Crippen LogP contribution < -0.4 is 5.32 Å². The predicted octanol–water partition coefficient (Wildman–Crippen LogP) is 3.72. The van der Waals surface area contributed by atoms with E-state index < -0.39 is 0 Å². The van der Waals surface area contributed by atoms with E-state index in [4.69, 9.17) is 4.74 Å². The van der Waals surface area contributed by atoms with Gasteiger partial charge >= 0.3 is 0 Å². The number of hydrogen-bond donors (Lipinski definition) is 1. The molecule has 2 nitrogen and oxygen atoms in total. The van der Waals surface area contributed by atoms with Gasteiger partial charge in [0.05, 0.1) is 12.7 Å². The van der Waals surface area contributed by atoms with Gasteiger partial charge in [0.2, 0.25) is 0 Å². The van der Waals surface area contributed by atoms with E-state index in [0.717, 1.165) is 38.0 Å². The molecule has 1 aromatic rings. The van der Waals surface area contributed by atoms with E-state index >= 15 is 0 Å². The molecule has 0 spiro atoms. The Bertz CT molecular complexity index is 329. The fourth-order valence-corrected chi connectivity index (χ4v) is 3.81. The van der Waals surface area contributed by atoms with Crippen molar-refractivity contribution in [2.75, 3.05) is 19.7 Å². The van der Waals surface area contributed by atoms with Gasteiger partial charge in [-0.2, -0.15) is 0 Å². The minimum Gasteiger partial charge on any atom is -0.377 e. The molecule has 0 bridgehead atoms. The van der Waals surface area contributed by atoms with Crippen LogP contribution in [-0.2, 0) is 11.2 Å². The molecule has 2 atom stereocenters. The molecule has 3 heteroatoms. The Morgan fingerprint density at radius 2 is 2.00 bits per heavy atom. The van der Waals surface area contributed by atoms with Crippen LogP contribution in [0.1, 0.15) is 38.0 Å². The third-order valence-corrected chi connectivity index (χ3v) is 4.83. The smallest absolute Gasteiger partial charge is 0.0594 e. The summed E-state index contributed by atoms with van der Waals surface area (Å²) in [5, 5.41) is 5.61. The van der Waals surface area contributed by atoms with Crippen molar-refractivity contribution in [2.45, 2.75) is 45.6 Å². The first-order chi connectivity index (χ1) is 9.24. The second-order valence-electron chi connectivity index (χ2n) is 5.99. The first-order valence-electron chi connectivity index (χ1n) is 7.58. The zero-order valence-electron chi connectivity index (χ0n) is 12.2.